The highest BCUT2D eigenvalue weighted by molar-refractivity contribution is 8.14. The maximum absolute atomic E-state index is 11.0. The maximum atomic E-state index is 11.0. The molecule has 138 valence electrons. The Labute approximate surface area is 155 Å². The van der Waals surface area contributed by atoms with Crippen LogP contribution in [0.25, 0.3) is 0 Å². The zero-order valence-electron chi connectivity index (χ0n) is 16.1. The fourth-order valence-corrected chi connectivity index (χ4v) is 4.09. The van der Waals surface area contributed by atoms with Crippen molar-refractivity contribution < 1.29 is 4.92 Å². The average molecular weight is 364 g/mol. The van der Waals surface area contributed by atoms with E-state index >= 15 is 0 Å². The molecule has 0 saturated carbocycles. The van der Waals surface area contributed by atoms with E-state index < -0.39 is 0 Å². The normalized spacial score (nSPS) is 17.7. The number of nitro groups is 1. The van der Waals surface area contributed by atoms with Crippen molar-refractivity contribution in [2.24, 2.45) is 16.3 Å². The van der Waals surface area contributed by atoms with Crippen LogP contribution in [0.4, 0.5) is 11.4 Å². The van der Waals surface area contributed by atoms with E-state index in [9.17, 15) is 10.1 Å². The number of benzene rings is 1. The minimum Gasteiger partial charge on any atom is -0.320 e. The van der Waals surface area contributed by atoms with Crippen LogP contribution < -0.4 is 4.90 Å². The SMILES string of the molecule is Cc1cc([N+](=O)[O-])ccc1N(CC(C)(C)C)C1=NC(CC(C)C)CS1. The van der Waals surface area contributed by atoms with E-state index in [2.05, 4.69) is 39.5 Å². The summed E-state index contributed by atoms with van der Waals surface area (Å²) in [6.07, 6.45) is 1.10. The molecule has 0 amide bonds. The second-order valence-electron chi connectivity index (χ2n) is 8.38. The Balaban J connectivity index is 2.36. The van der Waals surface area contributed by atoms with Crippen molar-refractivity contribution in [3.63, 3.8) is 0 Å². The van der Waals surface area contributed by atoms with Crippen LogP contribution in [0.2, 0.25) is 0 Å². The molecule has 0 radical (unpaired) electrons. The summed E-state index contributed by atoms with van der Waals surface area (Å²) in [5.74, 6) is 1.64. The van der Waals surface area contributed by atoms with Crippen molar-refractivity contribution in [3.8, 4) is 0 Å². The molecule has 1 aromatic rings. The van der Waals surface area contributed by atoms with Gasteiger partial charge in [-0.05, 0) is 36.3 Å². The Morgan fingerprint density at radius 1 is 1.40 bits per heavy atom. The first-order valence-corrected chi connectivity index (χ1v) is 9.78. The van der Waals surface area contributed by atoms with Crippen molar-refractivity contribution in [2.45, 2.75) is 54.0 Å². The molecule has 2 rings (SSSR count). The summed E-state index contributed by atoms with van der Waals surface area (Å²) in [5, 5.41) is 12.1. The molecule has 1 atom stereocenters. The number of hydrogen-bond donors (Lipinski definition) is 0. The molecule has 0 fully saturated rings. The van der Waals surface area contributed by atoms with Gasteiger partial charge in [-0.25, -0.2) is 0 Å². The first-order chi connectivity index (χ1) is 11.6. The molecule has 0 N–H and O–H groups in total. The predicted octanol–water partition coefficient (Wildman–Crippen LogP) is 5.27. The zero-order valence-corrected chi connectivity index (χ0v) is 16.9. The molecule has 0 bridgehead atoms. The van der Waals surface area contributed by atoms with Gasteiger partial charge in [0.05, 0.1) is 11.0 Å². The molecule has 1 heterocycles. The van der Waals surface area contributed by atoms with Gasteiger partial charge in [0.1, 0.15) is 0 Å². The maximum Gasteiger partial charge on any atom is 0.269 e. The van der Waals surface area contributed by atoms with Crippen LogP contribution in [0.1, 0.15) is 46.6 Å². The Morgan fingerprint density at radius 3 is 2.60 bits per heavy atom. The van der Waals surface area contributed by atoms with Crippen molar-refractivity contribution in [3.05, 3.63) is 33.9 Å². The number of amidine groups is 1. The van der Waals surface area contributed by atoms with Crippen molar-refractivity contribution in [1.29, 1.82) is 0 Å². The fraction of sp³-hybridized carbons (Fsp3) is 0.632. The van der Waals surface area contributed by atoms with Crippen LogP contribution in [0.5, 0.6) is 0 Å². The summed E-state index contributed by atoms with van der Waals surface area (Å²) in [6, 6.07) is 5.46. The highest BCUT2D eigenvalue weighted by Crippen LogP contribution is 2.33. The van der Waals surface area contributed by atoms with E-state index in [0.717, 1.165) is 35.1 Å². The van der Waals surface area contributed by atoms with Crippen LogP contribution >= 0.6 is 11.8 Å². The minimum atomic E-state index is -0.342. The minimum absolute atomic E-state index is 0.0907. The number of thioether (sulfide) groups is 1. The molecule has 0 spiro atoms. The number of nitrogens with zero attached hydrogens (tertiary/aromatic N) is 3. The third-order valence-electron chi connectivity index (χ3n) is 3.99. The molecule has 1 unspecified atom stereocenters. The fourth-order valence-electron chi connectivity index (χ4n) is 3.00. The highest BCUT2D eigenvalue weighted by atomic mass is 32.2. The molecular weight excluding hydrogens is 334 g/mol. The summed E-state index contributed by atoms with van der Waals surface area (Å²) in [4.78, 5) is 17.9. The van der Waals surface area contributed by atoms with E-state index in [1.54, 1.807) is 23.9 Å². The molecule has 0 aliphatic carbocycles. The lowest BCUT2D eigenvalue weighted by atomic mass is 9.95. The quantitative estimate of drug-likeness (QED) is 0.528. The van der Waals surface area contributed by atoms with Crippen LogP contribution in [-0.2, 0) is 0 Å². The Hall–Kier alpha value is -1.56. The van der Waals surface area contributed by atoms with E-state index in [0.29, 0.717) is 12.0 Å². The number of non-ortho nitro benzene ring substituents is 1. The number of aryl methyl sites for hydroxylation is 1. The average Bonchev–Trinajstić information content (AvgIpc) is 2.91. The molecule has 6 heteroatoms. The van der Waals surface area contributed by atoms with Gasteiger partial charge in [0, 0.05) is 30.1 Å². The Kier molecular flexibility index (Phi) is 6.14. The van der Waals surface area contributed by atoms with E-state index in [4.69, 9.17) is 4.99 Å². The van der Waals surface area contributed by atoms with Crippen molar-refractivity contribution in [2.75, 3.05) is 17.2 Å². The van der Waals surface area contributed by atoms with Gasteiger partial charge in [-0.3, -0.25) is 15.1 Å². The second-order valence-corrected chi connectivity index (χ2v) is 9.37. The summed E-state index contributed by atoms with van der Waals surface area (Å²) >= 11 is 1.80. The summed E-state index contributed by atoms with van der Waals surface area (Å²) in [6.45, 7) is 13.8. The van der Waals surface area contributed by atoms with Gasteiger partial charge < -0.3 is 4.90 Å². The van der Waals surface area contributed by atoms with Crippen molar-refractivity contribution >= 4 is 28.3 Å². The van der Waals surface area contributed by atoms with E-state index in [-0.39, 0.29) is 16.0 Å². The van der Waals surface area contributed by atoms with Crippen LogP contribution in [-0.4, -0.2) is 28.4 Å². The highest BCUT2D eigenvalue weighted by Gasteiger charge is 2.28. The van der Waals surface area contributed by atoms with Crippen LogP contribution in [0.3, 0.4) is 0 Å². The molecule has 1 aromatic carbocycles. The summed E-state index contributed by atoms with van der Waals surface area (Å²) < 4.78 is 0. The standard InChI is InChI=1S/C19H29N3O2S/c1-13(2)9-15-11-25-18(20-15)21(12-19(4,5)6)17-8-7-16(22(23)24)10-14(17)3/h7-8,10,13,15H,9,11-12H2,1-6H3. The van der Waals surface area contributed by atoms with Crippen LogP contribution in [0, 0.1) is 28.4 Å². The molecule has 0 aromatic heterocycles. The lowest BCUT2D eigenvalue weighted by Gasteiger charge is -2.32. The molecule has 1 aliphatic heterocycles. The zero-order chi connectivity index (χ0) is 18.8. The first kappa shape index (κ1) is 19.8. The topological polar surface area (TPSA) is 58.7 Å². The van der Waals surface area contributed by atoms with Crippen LogP contribution in [0.15, 0.2) is 23.2 Å². The first-order valence-electron chi connectivity index (χ1n) is 8.80. The van der Waals surface area contributed by atoms with Gasteiger partial charge in [0.15, 0.2) is 5.17 Å². The van der Waals surface area contributed by atoms with Gasteiger partial charge in [-0.15, -0.1) is 0 Å². The lowest BCUT2D eigenvalue weighted by Crippen LogP contribution is -2.36. The largest absolute Gasteiger partial charge is 0.320 e. The summed E-state index contributed by atoms with van der Waals surface area (Å²) in [5.41, 5.74) is 2.15. The number of aliphatic imine (C=N–C) groups is 1. The van der Waals surface area contributed by atoms with Gasteiger partial charge in [-0.2, -0.15) is 0 Å². The van der Waals surface area contributed by atoms with Gasteiger partial charge in [0.2, 0.25) is 0 Å². The smallest absolute Gasteiger partial charge is 0.269 e. The van der Waals surface area contributed by atoms with Crippen molar-refractivity contribution in [1.82, 2.24) is 0 Å². The molecule has 25 heavy (non-hydrogen) atoms. The number of rotatable bonds is 5. The second kappa shape index (κ2) is 7.77. The monoisotopic (exact) mass is 363 g/mol. The molecule has 1 aliphatic rings. The third kappa shape index (κ3) is 5.46. The number of hydrogen-bond acceptors (Lipinski definition) is 5. The predicted molar refractivity (Wildman–Crippen MR) is 108 cm³/mol. The van der Waals surface area contributed by atoms with Gasteiger partial charge in [-0.1, -0.05) is 46.4 Å². The number of nitro benzene ring substituents is 1. The summed E-state index contributed by atoms with van der Waals surface area (Å²) in [7, 11) is 0. The Morgan fingerprint density at radius 2 is 2.08 bits per heavy atom. The van der Waals surface area contributed by atoms with E-state index in [1.165, 1.54) is 0 Å². The molecular formula is C19H29N3O2S. The third-order valence-corrected chi connectivity index (χ3v) is 5.12. The van der Waals surface area contributed by atoms with E-state index in [1.807, 2.05) is 13.0 Å². The van der Waals surface area contributed by atoms with Gasteiger partial charge in [0.25, 0.3) is 5.69 Å². The molecule has 0 saturated heterocycles. The Bertz CT molecular complexity index is 665. The molecule has 5 nitrogen and oxygen atoms in total. The number of anilines is 1. The lowest BCUT2D eigenvalue weighted by molar-refractivity contribution is -0.384. The van der Waals surface area contributed by atoms with Gasteiger partial charge >= 0.3 is 0 Å².